The second-order valence-corrected chi connectivity index (χ2v) is 5.43. The van der Waals surface area contributed by atoms with Gasteiger partial charge in [-0.15, -0.1) is 0 Å². The molecule has 1 saturated heterocycles. The van der Waals surface area contributed by atoms with Gasteiger partial charge in [0, 0.05) is 18.6 Å². The third-order valence-electron chi connectivity index (χ3n) is 3.64. The molecule has 0 amide bonds. The number of nitrogens with zero attached hydrogens (tertiary/aromatic N) is 2. The molecule has 1 aliphatic rings. The Labute approximate surface area is 101 Å². The Morgan fingerprint density at radius 3 is 2.75 bits per heavy atom. The van der Waals surface area contributed by atoms with Crippen molar-refractivity contribution in [1.82, 2.24) is 9.80 Å². The fourth-order valence-electron chi connectivity index (χ4n) is 2.80. The summed E-state index contributed by atoms with van der Waals surface area (Å²) in [5.41, 5.74) is 5.59. The van der Waals surface area contributed by atoms with E-state index < -0.39 is 0 Å². The van der Waals surface area contributed by atoms with Crippen LogP contribution in [0.15, 0.2) is 0 Å². The van der Waals surface area contributed by atoms with Crippen LogP contribution < -0.4 is 5.73 Å². The number of hydrogen-bond donors (Lipinski definition) is 1. The van der Waals surface area contributed by atoms with Crippen LogP contribution in [0.25, 0.3) is 0 Å². The van der Waals surface area contributed by atoms with Crippen LogP contribution in [0.2, 0.25) is 0 Å². The number of hydrogen-bond acceptors (Lipinski definition) is 3. The first kappa shape index (κ1) is 13.9. The molecule has 0 radical (unpaired) electrons. The fourth-order valence-corrected chi connectivity index (χ4v) is 2.80. The summed E-state index contributed by atoms with van der Waals surface area (Å²) in [5, 5.41) is 0. The van der Waals surface area contributed by atoms with Gasteiger partial charge in [-0.1, -0.05) is 6.42 Å². The Balaban J connectivity index is 2.45. The molecule has 0 aliphatic carbocycles. The molecule has 1 aliphatic heterocycles. The molecule has 16 heavy (non-hydrogen) atoms. The molecule has 0 spiro atoms. The van der Waals surface area contributed by atoms with Crippen LogP contribution in [0.1, 0.15) is 39.0 Å². The highest BCUT2D eigenvalue weighted by Crippen LogP contribution is 2.21. The van der Waals surface area contributed by atoms with Crippen molar-refractivity contribution in [3.63, 3.8) is 0 Å². The Kier molecular flexibility index (Phi) is 6.32. The topological polar surface area (TPSA) is 32.5 Å². The summed E-state index contributed by atoms with van der Waals surface area (Å²) in [6, 6.07) is 1.46. The second kappa shape index (κ2) is 7.25. The van der Waals surface area contributed by atoms with Crippen LogP contribution in [0.3, 0.4) is 0 Å². The van der Waals surface area contributed by atoms with E-state index in [1.165, 1.54) is 38.8 Å². The summed E-state index contributed by atoms with van der Waals surface area (Å²) < 4.78 is 0. The SMILES string of the molecule is CC(CCCN)N1CCCCC1CN(C)C. The van der Waals surface area contributed by atoms with E-state index in [1.807, 2.05) is 0 Å². The molecule has 1 heterocycles. The Bertz CT molecular complexity index is 182. The van der Waals surface area contributed by atoms with Crippen molar-refractivity contribution in [2.75, 3.05) is 33.7 Å². The monoisotopic (exact) mass is 227 g/mol. The van der Waals surface area contributed by atoms with Crippen molar-refractivity contribution in [2.45, 2.75) is 51.1 Å². The minimum Gasteiger partial charge on any atom is -0.330 e. The molecule has 96 valence electrons. The summed E-state index contributed by atoms with van der Waals surface area (Å²) in [7, 11) is 4.36. The Hall–Kier alpha value is -0.120. The van der Waals surface area contributed by atoms with Gasteiger partial charge in [0.2, 0.25) is 0 Å². The highest BCUT2D eigenvalue weighted by Gasteiger charge is 2.26. The first-order chi connectivity index (χ1) is 7.65. The summed E-state index contributed by atoms with van der Waals surface area (Å²) in [5.74, 6) is 0. The minimum atomic E-state index is 0.703. The van der Waals surface area contributed by atoms with Crippen LogP contribution in [-0.2, 0) is 0 Å². The van der Waals surface area contributed by atoms with Crippen molar-refractivity contribution in [3.05, 3.63) is 0 Å². The summed E-state index contributed by atoms with van der Waals surface area (Å²) in [6.07, 6.45) is 6.55. The standard InChI is InChI=1S/C13H29N3/c1-12(7-6-9-14)16-10-5-4-8-13(16)11-15(2)3/h12-13H,4-11,14H2,1-3H3. The summed E-state index contributed by atoms with van der Waals surface area (Å²) in [6.45, 7) is 5.68. The molecule has 0 saturated carbocycles. The maximum absolute atomic E-state index is 5.59. The fraction of sp³-hybridized carbons (Fsp3) is 1.00. The molecule has 0 bridgehead atoms. The van der Waals surface area contributed by atoms with Crippen LogP contribution in [-0.4, -0.2) is 55.6 Å². The number of nitrogens with two attached hydrogens (primary N) is 1. The quantitative estimate of drug-likeness (QED) is 0.747. The number of rotatable bonds is 6. The van der Waals surface area contributed by atoms with Gasteiger partial charge < -0.3 is 10.6 Å². The summed E-state index contributed by atoms with van der Waals surface area (Å²) >= 11 is 0. The summed E-state index contributed by atoms with van der Waals surface area (Å²) in [4.78, 5) is 5.03. The molecular weight excluding hydrogens is 198 g/mol. The van der Waals surface area contributed by atoms with E-state index in [1.54, 1.807) is 0 Å². The largest absolute Gasteiger partial charge is 0.330 e. The van der Waals surface area contributed by atoms with Crippen LogP contribution in [0.4, 0.5) is 0 Å². The third kappa shape index (κ3) is 4.40. The minimum absolute atomic E-state index is 0.703. The maximum atomic E-state index is 5.59. The average Bonchev–Trinajstić information content (AvgIpc) is 2.26. The van der Waals surface area contributed by atoms with E-state index >= 15 is 0 Å². The van der Waals surface area contributed by atoms with Gasteiger partial charge in [0.05, 0.1) is 0 Å². The van der Waals surface area contributed by atoms with Gasteiger partial charge in [-0.25, -0.2) is 0 Å². The molecule has 0 aromatic heterocycles. The smallest absolute Gasteiger partial charge is 0.0225 e. The predicted octanol–water partition coefficient (Wildman–Crippen LogP) is 1.53. The zero-order valence-electron chi connectivity index (χ0n) is 11.3. The van der Waals surface area contributed by atoms with Crippen molar-refractivity contribution in [1.29, 1.82) is 0 Å². The van der Waals surface area contributed by atoms with Gasteiger partial charge >= 0.3 is 0 Å². The zero-order valence-corrected chi connectivity index (χ0v) is 11.3. The first-order valence-electron chi connectivity index (χ1n) is 6.75. The maximum Gasteiger partial charge on any atom is 0.0225 e. The van der Waals surface area contributed by atoms with E-state index in [2.05, 4.69) is 30.8 Å². The van der Waals surface area contributed by atoms with E-state index in [-0.39, 0.29) is 0 Å². The lowest BCUT2D eigenvalue weighted by Gasteiger charge is -2.41. The van der Waals surface area contributed by atoms with Crippen LogP contribution >= 0.6 is 0 Å². The number of likely N-dealkylation sites (tertiary alicyclic amines) is 1. The lowest BCUT2D eigenvalue weighted by molar-refractivity contribution is 0.0791. The Morgan fingerprint density at radius 2 is 2.12 bits per heavy atom. The van der Waals surface area contributed by atoms with Crippen molar-refractivity contribution in [3.8, 4) is 0 Å². The second-order valence-electron chi connectivity index (χ2n) is 5.43. The van der Waals surface area contributed by atoms with E-state index in [0.717, 1.165) is 19.0 Å². The van der Waals surface area contributed by atoms with Crippen LogP contribution in [0.5, 0.6) is 0 Å². The van der Waals surface area contributed by atoms with Crippen LogP contribution in [0, 0.1) is 0 Å². The number of likely N-dealkylation sites (N-methyl/N-ethyl adjacent to an activating group) is 1. The molecule has 0 aromatic carbocycles. The molecule has 1 rings (SSSR count). The molecule has 2 unspecified atom stereocenters. The third-order valence-corrected chi connectivity index (χ3v) is 3.64. The predicted molar refractivity (Wildman–Crippen MR) is 70.6 cm³/mol. The molecular formula is C13H29N3. The number of piperidine rings is 1. The van der Waals surface area contributed by atoms with Crippen molar-refractivity contribution in [2.24, 2.45) is 5.73 Å². The molecule has 0 aromatic rings. The highest BCUT2D eigenvalue weighted by molar-refractivity contribution is 4.82. The van der Waals surface area contributed by atoms with Gasteiger partial charge in [-0.05, 0) is 59.8 Å². The Morgan fingerprint density at radius 1 is 1.38 bits per heavy atom. The van der Waals surface area contributed by atoms with E-state index in [4.69, 9.17) is 5.73 Å². The van der Waals surface area contributed by atoms with Crippen molar-refractivity contribution < 1.29 is 0 Å². The molecule has 3 heteroatoms. The van der Waals surface area contributed by atoms with Gasteiger partial charge in [-0.3, -0.25) is 4.90 Å². The molecule has 3 nitrogen and oxygen atoms in total. The lowest BCUT2D eigenvalue weighted by Crippen LogP contribution is -2.49. The first-order valence-corrected chi connectivity index (χ1v) is 6.75. The van der Waals surface area contributed by atoms with Gasteiger partial charge in [0.15, 0.2) is 0 Å². The van der Waals surface area contributed by atoms with E-state index in [0.29, 0.717) is 6.04 Å². The van der Waals surface area contributed by atoms with Gasteiger partial charge in [-0.2, -0.15) is 0 Å². The molecule has 2 N–H and O–H groups in total. The molecule has 1 fully saturated rings. The zero-order chi connectivity index (χ0) is 12.0. The van der Waals surface area contributed by atoms with Gasteiger partial charge in [0.1, 0.15) is 0 Å². The van der Waals surface area contributed by atoms with E-state index in [9.17, 15) is 0 Å². The average molecular weight is 227 g/mol. The lowest BCUT2D eigenvalue weighted by atomic mass is 9.98. The highest BCUT2D eigenvalue weighted by atomic mass is 15.2. The van der Waals surface area contributed by atoms with Gasteiger partial charge in [0.25, 0.3) is 0 Å². The molecule has 2 atom stereocenters. The van der Waals surface area contributed by atoms with Crippen molar-refractivity contribution >= 4 is 0 Å². The normalized spacial score (nSPS) is 24.9.